The second kappa shape index (κ2) is 5.90. The van der Waals surface area contributed by atoms with Crippen molar-refractivity contribution in [3.63, 3.8) is 0 Å². The van der Waals surface area contributed by atoms with Crippen LogP contribution >= 0.6 is 11.6 Å². The van der Waals surface area contributed by atoms with Crippen LogP contribution in [0.3, 0.4) is 0 Å². The quantitative estimate of drug-likeness (QED) is 0.719. The van der Waals surface area contributed by atoms with Crippen molar-refractivity contribution in [1.82, 2.24) is 19.7 Å². The first-order chi connectivity index (χ1) is 10.6. The Hall–Kier alpha value is -2.80. The van der Waals surface area contributed by atoms with Crippen molar-refractivity contribution in [2.24, 2.45) is 7.05 Å². The van der Waals surface area contributed by atoms with Crippen LogP contribution in [-0.4, -0.2) is 19.7 Å². The fourth-order valence-electron chi connectivity index (χ4n) is 1.73. The number of hydrogen-bond acceptors (Lipinski definition) is 6. The van der Waals surface area contributed by atoms with E-state index in [4.69, 9.17) is 22.1 Å². The largest absolute Gasteiger partial charge is 0.437 e. The molecule has 2 aromatic heterocycles. The molecule has 22 heavy (non-hydrogen) atoms. The van der Waals surface area contributed by atoms with Crippen LogP contribution in [0.2, 0.25) is 5.02 Å². The second-order valence-corrected chi connectivity index (χ2v) is 4.92. The zero-order chi connectivity index (χ0) is 15.5. The highest BCUT2D eigenvalue weighted by atomic mass is 35.5. The Kier molecular flexibility index (Phi) is 3.80. The van der Waals surface area contributed by atoms with Gasteiger partial charge in [-0.15, -0.1) is 0 Å². The van der Waals surface area contributed by atoms with Crippen molar-refractivity contribution in [3.8, 4) is 11.6 Å². The molecule has 3 rings (SSSR count). The van der Waals surface area contributed by atoms with Crippen molar-refractivity contribution in [3.05, 3.63) is 47.7 Å². The third-order valence-corrected chi connectivity index (χ3v) is 3.02. The van der Waals surface area contributed by atoms with Gasteiger partial charge in [0.05, 0.1) is 6.20 Å². The molecule has 7 nitrogen and oxygen atoms in total. The third kappa shape index (κ3) is 3.26. The minimum Gasteiger partial charge on any atom is -0.437 e. The zero-order valence-corrected chi connectivity index (χ0v) is 12.4. The molecule has 0 bridgehead atoms. The van der Waals surface area contributed by atoms with Gasteiger partial charge in [-0.25, -0.2) is 4.98 Å². The minimum atomic E-state index is 0.250. The van der Waals surface area contributed by atoms with E-state index in [1.54, 1.807) is 35.0 Å². The number of nitrogens with one attached hydrogen (secondary N) is 1. The summed E-state index contributed by atoms with van der Waals surface area (Å²) in [6.07, 6.45) is 3.27. The Morgan fingerprint density at radius 3 is 2.68 bits per heavy atom. The third-order valence-electron chi connectivity index (χ3n) is 2.76. The van der Waals surface area contributed by atoms with E-state index < -0.39 is 0 Å². The van der Waals surface area contributed by atoms with Crippen LogP contribution in [0.1, 0.15) is 0 Å². The van der Waals surface area contributed by atoms with Gasteiger partial charge >= 0.3 is 0 Å². The summed E-state index contributed by atoms with van der Waals surface area (Å²) in [5, 5.41) is 7.47. The summed E-state index contributed by atoms with van der Waals surface area (Å²) in [6.45, 7) is 0. The fourth-order valence-corrected chi connectivity index (χ4v) is 1.86. The van der Waals surface area contributed by atoms with Crippen molar-refractivity contribution < 1.29 is 4.74 Å². The maximum Gasteiger partial charge on any atom is 0.243 e. The molecule has 2 heterocycles. The average Bonchev–Trinajstić information content (AvgIpc) is 2.90. The number of anilines is 3. The van der Waals surface area contributed by atoms with E-state index in [1.807, 2.05) is 13.2 Å². The number of rotatable bonds is 4. The lowest BCUT2D eigenvalue weighted by Gasteiger charge is -2.08. The first-order valence-electron chi connectivity index (χ1n) is 6.43. The van der Waals surface area contributed by atoms with Gasteiger partial charge in [0, 0.05) is 25.0 Å². The Morgan fingerprint density at radius 2 is 2.00 bits per heavy atom. The van der Waals surface area contributed by atoms with Crippen LogP contribution in [0.4, 0.5) is 17.5 Å². The lowest BCUT2D eigenvalue weighted by atomic mass is 10.3. The molecule has 0 atom stereocenters. The molecule has 0 saturated carbocycles. The molecule has 0 aliphatic rings. The lowest BCUT2D eigenvalue weighted by molar-refractivity contribution is 0.463. The molecule has 0 aliphatic carbocycles. The summed E-state index contributed by atoms with van der Waals surface area (Å²) in [4.78, 5) is 8.33. The van der Waals surface area contributed by atoms with E-state index in [0.29, 0.717) is 28.2 Å². The number of nitrogens with zero attached hydrogens (tertiary/aromatic N) is 4. The van der Waals surface area contributed by atoms with Crippen molar-refractivity contribution >= 4 is 29.1 Å². The Bertz CT molecular complexity index is 786. The molecule has 0 unspecified atom stereocenters. The molecule has 8 heteroatoms. The Morgan fingerprint density at radius 1 is 1.23 bits per heavy atom. The zero-order valence-electron chi connectivity index (χ0n) is 11.7. The molecule has 0 spiro atoms. The number of benzene rings is 1. The molecule has 1 aromatic carbocycles. The van der Waals surface area contributed by atoms with Crippen molar-refractivity contribution in [1.29, 1.82) is 0 Å². The Labute approximate surface area is 131 Å². The smallest absolute Gasteiger partial charge is 0.243 e. The average molecular weight is 317 g/mol. The number of halogens is 1. The number of hydrogen-bond donors (Lipinski definition) is 2. The maximum absolute atomic E-state index is 6.06. The number of aryl methyl sites for hydroxylation is 1. The summed E-state index contributed by atoms with van der Waals surface area (Å²) in [5.74, 6) is 1.80. The summed E-state index contributed by atoms with van der Waals surface area (Å²) in [6, 6.07) is 8.74. The van der Waals surface area contributed by atoms with Crippen molar-refractivity contribution in [2.75, 3.05) is 11.1 Å². The highest BCUT2D eigenvalue weighted by Crippen LogP contribution is 2.28. The van der Waals surface area contributed by atoms with Gasteiger partial charge in [-0.05, 0) is 24.3 Å². The molecule has 112 valence electrons. The van der Waals surface area contributed by atoms with E-state index in [9.17, 15) is 0 Å². The first kappa shape index (κ1) is 14.2. The van der Waals surface area contributed by atoms with Crippen LogP contribution in [0.5, 0.6) is 11.6 Å². The van der Waals surface area contributed by atoms with Crippen LogP contribution in [0.25, 0.3) is 0 Å². The maximum atomic E-state index is 6.06. The monoisotopic (exact) mass is 316 g/mol. The molecule has 0 saturated heterocycles. The molecule has 0 fully saturated rings. The first-order valence-corrected chi connectivity index (χ1v) is 6.80. The van der Waals surface area contributed by atoms with Crippen molar-refractivity contribution in [2.45, 2.75) is 0 Å². The number of nitrogens with two attached hydrogens (primary N) is 1. The van der Waals surface area contributed by atoms with E-state index in [0.717, 1.165) is 0 Å². The summed E-state index contributed by atoms with van der Waals surface area (Å²) in [7, 11) is 1.82. The van der Waals surface area contributed by atoms with Crippen LogP contribution in [0.15, 0.2) is 42.7 Å². The van der Waals surface area contributed by atoms with E-state index in [-0.39, 0.29) is 5.88 Å². The van der Waals surface area contributed by atoms with Gasteiger partial charge < -0.3 is 15.8 Å². The number of ether oxygens (including phenoxy) is 1. The predicted molar refractivity (Wildman–Crippen MR) is 84.5 cm³/mol. The molecule has 0 amide bonds. The Balaban J connectivity index is 1.81. The summed E-state index contributed by atoms with van der Waals surface area (Å²) < 4.78 is 7.31. The molecule has 0 aliphatic heterocycles. The highest BCUT2D eigenvalue weighted by molar-refractivity contribution is 6.31. The number of aromatic nitrogens is 4. The molecule has 0 radical (unpaired) electrons. The molecule has 3 aromatic rings. The standard InChI is InChI=1S/C14H13ClN6O/c1-21-7-6-12(20-21)18-14-17-8-11(15)13(19-14)22-10-4-2-9(16)3-5-10/h2-8H,16H2,1H3,(H,17,18,19,20). The van der Waals surface area contributed by atoms with Gasteiger partial charge in [0.2, 0.25) is 11.8 Å². The molecular formula is C14H13ClN6O. The van der Waals surface area contributed by atoms with Crippen LogP contribution < -0.4 is 15.8 Å². The SMILES string of the molecule is Cn1ccc(Nc2ncc(Cl)c(Oc3ccc(N)cc3)n2)n1. The predicted octanol–water partition coefficient (Wildman–Crippen LogP) is 2.98. The van der Waals surface area contributed by atoms with Crippen LogP contribution in [0, 0.1) is 0 Å². The van der Waals surface area contributed by atoms with Gasteiger partial charge in [-0.1, -0.05) is 11.6 Å². The van der Waals surface area contributed by atoms with Gasteiger partial charge in [-0.3, -0.25) is 4.68 Å². The van der Waals surface area contributed by atoms with E-state index >= 15 is 0 Å². The summed E-state index contributed by atoms with van der Waals surface area (Å²) in [5.41, 5.74) is 6.29. The lowest BCUT2D eigenvalue weighted by Crippen LogP contribution is -2.00. The molecule has 3 N–H and O–H groups in total. The van der Waals surface area contributed by atoms with Gasteiger partial charge in [-0.2, -0.15) is 10.1 Å². The number of nitrogen functional groups attached to an aromatic ring is 1. The molecular weight excluding hydrogens is 304 g/mol. The van der Waals surface area contributed by atoms with Gasteiger partial charge in [0.25, 0.3) is 0 Å². The second-order valence-electron chi connectivity index (χ2n) is 4.52. The summed E-state index contributed by atoms with van der Waals surface area (Å²) >= 11 is 6.06. The minimum absolute atomic E-state index is 0.250. The highest BCUT2D eigenvalue weighted by Gasteiger charge is 2.09. The topological polar surface area (TPSA) is 90.9 Å². The van der Waals surface area contributed by atoms with E-state index in [1.165, 1.54) is 6.20 Å². The van der Waals surface area contributed by atoms with Gasteiger partial charge in [0.1, 0.15) is 10.8 Å². The van der Waals surface area contributed by atoms with E-state index in [2.05, 4.69) is 20.4 Å². The normalized spacial score (nSPS) is 10.5. The van der Waals surface area contributed by atoms with Gasteiger partial charge in [0.15, 0.2) is 5.82 Å². The van der Waals surface area contributed by atoms with Crippen LogP contribution in [-0.2, 0) is 7.05 Å². The fraction of sp³-hybridized carbons (Fsp3) is 0.0714.